The van der Waals surface area contributed by atoms with E-state index in [-0.39, 0.29) is 0 Å². The summed E-state index contributed by atoms with van der Waals surface area (Å²) in [5, 5.41) is 1.99. The lowest BCUT2D eigenvalue weighted by Crippen LogP contribution is -1.79. The SMILES string of the molecule is C(=C\c1ccc(-c2nc3sccc3o2)cc1)/c1ccc(-c2ccccc2)cc1. The maximum atomic E-state index is 5.79. The van der Waals surface area contributed by atoms with Gasteiger partial charge in [-0.1, -0.05) is 78.9 Å². The van der Waals surface area contributed by atoms with Crippen molar-refractivity contribution in [2.45, 2.75) is 0 Å². The van der Waals surface area contributed by atoms with Crippen LogP contribution in [0, 0.1) is 0 Å². The lowest BCUT2D eigenvalue weighted by molar-refractivity contribution is 0.620. The van der Waals surface area contributed by atoms with E-state index < -0.39 is 0 Å². The van der Waals surface area contributed by atoms with Gasteiger partial charge in [0.15, 0.2) is 10.4 Å². The van der Waals surface area contributed by atoms with Gasteiger partial charge in [-0.25, -0.2) is 0 Å². The van der Waals surface area contributed by atoms with Crippen LogP contribution in [0.15, 0.2) is 94.7 Å². The molecule has 0 aliphatic carbocycles. The average molecular weight is 379 g/mol. The van der Waals surface area contributed by atoms with Crippen molar-refractivity contribution in [3.8, 4) is 22.6 Å². The second kappa shape index (κ2) is 7.29. The molecule has 28 heavy (non-hydrogen) atoms. The summed E-state index contributed by atoms with van der Waals surface area (Å²) in [6.45, 7) is 0. The lowest BCUT2D eigenvalue weighted by atomic mass is 10.0. The zero-order valence-corrected chi connectivity index (χ0v) is 15.9. The fraction of sp³-hybridized carbons (Fsp3) is 0. The van der Waals surface area contributed by atoms with Crippen LogP contribution in [-0.4, -0.2) is 4.98 Å². The Morgan fingerprint density at radius 1 is 0.643 bits per heavy atom. The molecular formula is C25H17NOS. The van der Waals surface area contributed by atoms with Crippen molar-refractivity contribution >= 4 is 33.9 Å². The maximum absolute atomic E-state index is 5.79. The smallest absolute Gasteiger partial charge is 0.228 e. The molecule has 0 amide bonds. The lowest BCUT2D eigenvalue weighted by Gasteiger charge is -2.02. The Hall–Kier alpha value is -3.43. The first-order valence-corrected chi connectivity index (χ1v) is 10.0. The molecule has 0 saturated heterocycles. The minimum absolute atomic E-state index is 0.675. The Bertz CT molecular complexity index is 1200. The van der Waals surface area contributed by atoms with Crippen LogP contribution in [0.25, 0.3) is 45.1 Å². The zero-order chi connectivity index (χ0) is 18.8. The molecule has 2 heterocycles. The molecule has 134 valence electrons. The third-order valence-corrected chi connectivity index (χ3v) is 5.45. The third-order valence-electron chi connectivity index (χ3n) is 4.66. The normalized spacial score (nSPS) is 11.4. The van der Waals surface area contributed by atoms with Crippen LogP contribution in [0.1, 0.15) is 11.1 Å². The molecule has 0 spiro atoms. The van der Waals surface area contributed by atoms with Crippen molar-refractivity contribution in [2.75, 3.05) is 0 Å². The number of benzene rings is 3. The van der Waals surface area contributed by atoms with Crippen molar-refractivity contribution in [2.24, 2.45) is 0 Å². The Labute approximate surface area is 167 Å². The first kappa shape index (κ1) is 16.7. The van der Waals surface area contributed by atoms with Gasteiger partial charge in [0.1, 0.15) is 0 Å². The predicted molar refractivity (Wildman–Crippen MR) is 118 cm³/mol. The van der Waals surface area contributed by atoms with Crippen molar-refractivity contribution in [3.63, 3.8) is 0 Å². The highest BCUT2D eigenvalue weighted by atomic mass is 32.1. The average Bonchev–Trinajstić information content (AvgIpc) is 3.36. The van der Waals surface area contributed by atoms with E-state index in [4.69, 9.17) is 4.42 Å². The molecule has 2 aromatic heterocycles. The van der Waals surface area contributed by atoms with E-state index in [1.165, 1.54) is 16.7 Å². The van der Waals surface area contributed by atoms with E-state index in [2.05, 4.69) is 77.8 Å². The molecule has 0 unspecified atom stereocenters. The second-order valence-electron chi connectivity index (χ2n) is 6.55. The molecule has 3 heteroatoms. The van der Waals surface area contributed by atoms with Gasteiger partial charge in [-0.2, -0.15) is 4.98 Å². The molecule has 0 aliphatic rings. The van der Waals surface area contributed by atoms with Crippen molar-refractivity contribution in [1.29, 1.82) is 0 Å². The third kappa shape index (κ3) is 3.40. The molecule has 5 aromatic rings. The molecule has 0 atom stereocenters. The molecule has 0 bridgehead atoms. The fourth-order valence-corrected chi connectivity index (χ4v) is 3.82. The Morgan fingerprint density at radius 3 is 1.89 bits per heavy atom. The van der Waals surface area contributed by atoms with Gasteiger partial charge >= 0.3 is 0 Å². The molecule has 0 aliphatic heterocycles. The molecule has 3 aromatic carbocycles. The standard InChI is InChI=1S/C25H17NOS/c1-2-4-20(5-3-1)21-12-8-18(9-13-21)6-7-19-10-14-22(15-11-19)24-26-25-23(27-24)16-17-28-25/h1-17H/b7-6+. The van der Waals surface area contributed by atoms with E-state index in [1.807, 2.05) is 29.6 Å². The van der Waals surface area contributed by atoms with Gasteiger partial charge in [-0.05, 0) is 45.8 Å². The number of thiophene rings is 1. The number of oxazole rings is 1. The van der Waals surface area contributed by atoms with E-state index in [0.717, 1.165) is 21.5 Å². The molecule has 0 radical (unpaired) electrons. The Balaban J connectivity index is 1.31. The van der Waals surface area contributed by atoms with Gasteiger partial charge in [0.05, 0.1) is 0 Å². The first-order chi connectivity index (χ1) is 13.8. The number of rotatable bonds is 4. The molecule has 0 saturated carbocycles. The van der Waals surface area contributed by atoms with Crippen LogP contribution >= 0.6 is 11.3 Å². The summed E-state index contributed by atoms with van der Waals surface area (Å²) >= 11 is 1.60. The van der Waals surface area contributed by atoms with Crippen molar-refractivity contribution < 1.29 is 4.42 Å². The number of hydrogen-bond acceptors (Lipinski definition) is 3. The van der Waals surface area contributed by atoms with Crippen LogP contribution in [0.2, 0.25) is 0 Å². The summed E-state index contributed by atoms with van der Waals surface area (Å²) in [4.78, 5) is 5.48. The highest BCUT2D eigenvalue weighted by Gasteiger charge is 2.08. The second-order valence-corrected chi connectivity index (χ2v) is 7.45. The molecule has 2 nitrogen and oxygen atoms in total. The Kier molecular flexibility index (Phi) is 4.36. The van der Waals surface area contributed by atoms with Gasteiger partial charge in [-0.3, -0.25) is 0 Å². The minimum atomic E-state index is 0.675. The van der Waals surface area contributed by atoms with Crippen LogP contribution in [0.5, 0.6) is 0 Å². The fourth-order valence-electron chi connectivity index (χ4n) is 3.14. The molecule has 5 rings (SSSR count). The monoisotopic (exact) mass is 379 g/mol. The summed E-state index contributed by atoms with van der Waals surface area (Å²) < 4.78 is 5.79. The number of nitrogens with zero attached hydrogens (tertiary/aromatic N) is 1. The highest BCUT2D eigenvalue weighted by Crippen LogP contribution is 2.28. The van der Waals surface area contributed by atoms with Gasteiger partial charge < -0.3 is 4.42 Å². The first-order valence-electron chi connectivity index (χ1n) is 9.13. The summed E-state index contributed by atoms with van der Waals surface area (Å²) in [6, 6.07) is 29.3. The quantitative estimate of drug-likeness (QED) is 0.304. The maximum Gasteiger partial charge on any atom is 0.228 e. The highest BCUT2D eigenvalue weighted by molar-refractivity contribution is 7.16. The molecular weight excluding hydrogens is 362 g/mol. The van der Waals surface area contributed by atoms with Gasteiger partial charge in [0.2, 0.25) is 5.89 Å². The summed E-state index contributed by atoms with van der Waals surface area (Å²) in [7, 11) is 0. The summed E-state index contributed by atoms with van der Waals surface area (Å²) in [6.07, 6.45) is 4.25. The zero-order valence-electron chi connectivity index (χ0n) is 15.1. The summed E-state index contributed by atoms with van der Waals surface area (Å²) in [5.41, 5.74) is 6.63. The minimum Gasteiger partial charge on any atom is -0.435 e. The van der Waals surface area contributed by atoms with E-state index in [1.54, 1.807) is 11.3 Å². The molecule has 0 N–H and O–H groups in total. The number of fused-ring (bicyclic) bond motifs is 1. The number of hydrogen-bond donors (Lipinski definition) is 0. The van der Waals surface area contributed by atoms with Crippen molar-refractivity contribution in [1.82, 2.24) is 4.98 Å². The van der Waals surface area contributed by atoms with Crippen LogP contribution < -0.4 is 0 Å². The van der Waals surface area contributed by atoms with Crippen LogP contribution in [-0.2, 0) is 0 Å². The number of aromatic nitrogens is 1. The van der Waals surface area contributed by atoms with E-state index in [0.29, 0.717) is 5.89 Å². The largest absolute Gasteiger partial charge is 0.435 e. The predicted octanol–water partition coefficient (Wildman–Crippen LogP) is 7.39. The molecule has 0 fully saturated rings. The topological polar surface area (TPSA) is 26.0 Å². The van der Waals surface area contributed by atoms with Crippen LogP contribution in [0.3, 0.4) is 0 Å². The van der Waals surface area contributed by atoms with Gasteiger partial charge in [0.25, 0.3) is 0 Å². The van der Waals surface area contributed by atoms with Crippen LogP contribution in [0.4, 0.5) is 0 Å². The summed E-state index contributed by atoms with van der Waals surface area (Å²) in [5.74, 6) is 0.675. The van der Waals surface area contributed by atoms with Gasteiger partial charge in [-0.15, -0.1) is 11.3 Å². The van der Waals surface area contributed by atoms with Gasteiger partial charge in [0, 0.05) is 5.56 Å². The van der Waals surface area contributed by atoms with E-state index in [9.17, 15) is 0 Å². The Morgan fingerprint density at radius 2 is 1.25 bits per heavy atom. The van der Waals surface area contributed by atoms with E-state index >= 15 is 0 Å². The van der Waals surface area contributed by atoms with Crippen molar-refractivity contribution in [3.05, 3.63) is 101 Å².